The van der Waals surface area contributed by atoms with Gasteiger partial charge in [0.2, 0.25) is 6.79 Å². The molecule has 1 aliphatic heterocycles. The molecule has 2 rings (SSSR count). The largest absolute Gasteiger partial charge is 0.469 e. The van der Waals surface area contributed by atoms with Gasteiger partial charge in [-0.05, 0) is 11.6 Å². The van der Waals surface area contributed by atoms with Crippen LogP contribution in [0, 0.1) is 0 Å². The average molecular weight is 293 g/mol. The number of benzene rings is 1. The van der Waals surface area contributed by atoms with Gasteiger partial charge in [0.1, 0.15) is 0 Å². The monoisotopic (exact) mass is 292 g/mol. The van der Waals surface area contributed by atoms with Crippen molar-refractivity contribution in [2.45, 2.75) is 11.3 Å². The summed E-state index contributed by atoms with van der Waals surface area (Å²) in [6, 6.07) is 2.65. The number of hydrogen-bond acceptors (Lipinski definition) is 6. The average Bonchev–Trinajstić information content (AvgIpc) is 2.73. The summed E-state index contributed by atoms with van der Waals surface area (Å²) in [4.78, 5) is 11.0. The van der Waals surface area contributed by atoms with Crippen LogP contribution < -0.4 is 9.47 Å². The van der Waals surface area contributed by atoms with Gasteiger partial charge in [0.05, 0.1) is 18.4 Å². The maximum atomic E-state index is 11.4. The van der Waals surface area contributed by atoms with Gasteiger partial charge in [-0.1, -0.05) is 0 Å². The van der Waals surface area contributed by atoms with Crippen LogP contribution in [-0.2, 0) is 25.0 Å². The number of rotatable bonds is 3. The van der Waals surface area contributed by atoms with Gasteiger partial charge in [-0.15, -0.1) is 0 Å². The number of fused-ring (bicyclic) bond motifs is 1. The van der Waals surface area contributed by atoms with E-state index in [1.54, 1.807) is 0 Å². The van der Waals surface area contributed by atoms with Gasteiger partial charge in [0.15, 0.2) is 11.5 Å². The topological polar surface area (TPSA) is 78.9 Å². The summed E-state index contributed by atoms with van der Waals surface area (Å²) in [6.07, 6.45) is -0.214. The molecule has 0 radical (unpaired) electrons. The van der Waals surface area contributed by atoms with Crippen LogP contribution >= 0.6 is 10.7 Å². The van der Waals surface area contributed by atoms with Crippen LogP contribution in [0.2, 0.25) is 0 Å². The van der Waals surface area contributed by atoms with E-state index >= 15 is 0 Å². The molecule has 0 N–H and O–H groups in total. The van der Waals surface area contributed by atoms with Crippen LogP contribution in [0.15, 0.2) is 17.0 Å². The molecule has 0 unspecified atom stereocenters. The molecule has 0 aromatic heterocycles. The second-order valence-electron chi connectivity index (χ2n) is 3.50. The summed E-state index contributed by atoms with van der Waals surface area (Å²) in [5.74, 6) is 0.0799. The Morgan fingerprint density at radius 1 is 1.39 bits per heavy atom. The van der Waals surface area contributed by atoms with E-state index in [2.05, 4.69) is 4.74 Å². The zero-order chi connectivity index (χ0) is 13.3. The molecule has 0 amide bonds. The van der Waals surface area contributed by atoms with Crippen molar-refractivity contribution in [3.8, 4) is 11.5 Å². The van der Waals surface area contributed by atoms with E-state index in [9.17, 15) is 13.2 Å². The Morgan fingerprint density at radius 2 is 2.00 bits per heavy atom. The highest BCUT2D eigenvalue weighted by molar-refractivity contribution is 8.13. The minimum Gasteiger partial charge on any atom is -0.469 e. The zero-order valence-corrected chi connectivity index (χ0v) is 10.9. The van der Waals surface area contributed by atoms with Gasteiger partial charge < -0.3 is 14.2 Å². The van der Waals surface area contributed by atoms with E-state index < -0.39 is 15.0 Å². The molecule has 8 heteroatoms. The minimum absolute atomic E-state index is 0.00121. The third-order valence-corrected chi connectivity index (χ3v) is 3.78. The number of ether oxygens (including phenoxy) is 3. The van der Waals surface area contributed by atoms with Gasteiger partial charge in [0.25, 0.3) is 9.05 Å². The Labute approximate surface area is 108 Å². The number of methoxy groups -OCH3 is 1. The van der Waals surface area contributed by atoms with E-state index in [-0.39, 0.29) is 29.4 Å². The highest BCUT2D eigenvalue weighted by atomic mass is 35.7. The molecule has 0 bridgehead atoms. The van der Waals surface area contributed by atoms with Crippen LogP contribution in [-0.4, -0.2) is 28.3 Å². The lowest BCUT2D eigenvalue weighted by Crippen LogP contribution is -2.08. The third kappa shape index (κ3) is 2.51. The first kappa shape index (κ1) is 13.0. The molecule has 0 spiro atoms. The lowest BCUT2D eigenvalue weighted by atomic mass is 10.1. The lowest BCUT2D eigenvalue weighted by molar-refractivity contribution is -0.139. The van der Waals surface area contributed by atoms with E-state index in [1.165, 1.54) is 19.2 Å². The smallest absolute Gasteiger partial charge is 0.310 e. The first-order valence-corrected chi connectivity index (χ1v) is 7.17. The van der Waals surface area contributed by atoms with Crippen molar-refractivity contribution in [1.82, 2.24) is 0 Å². The predicted octanol–water partition coefficient (Wildman–Crippen LogP) is 1.06. The fourth-order valence-corrected chi connectivity index (χ4v) is 2.68. The first-order chi connectivity index (χ1) is 8.41. The highest BCUT2D eigenvalue weighted by Gasteiger charge is 2.24. The SMILES string of the molecule is COC(=O)Cc1cc2c(cc1S(=O)(=O)Cl)OCO2. The molecule has 0 aliphatic carbocycles. The number of esters is 1. The van der Waals surface area contributed by atoms with E-state index in [4.69, 9.17) is 20.2 Å². The van der Waals surface area contributed by atoms with E-state index in [1.807, 2.05) is 0 Å². The van der Waals surface area contributed by atoms with Crippen LogP contribution in [0.25, 0.3) is 0 Å². The molecule has 6 nitrogen and oxygen atoms in total. The molecule has 98 valence electrons. The minimum atomic E-state index is -3.98. The quantitative estimate of drug-likeness (QED) is 0.612. The van der Waals surface area contributed by atoms with Crippen LogP contribution in [0.5, 0.6) is 11.5 Å². The zero-order valence-electron chi connectivity index (χ0n) is 9.30. The standard InChI is InChI=1S/C10H9ClO6S/c1-15-10(12)3-6-2-7-8(17-5-16-7)4-9(6)18(11,13)14/h2,4H,3,5H2,1H3. The van der Waals surface area contributed by atoms with Gasteiger partial charge in [-0.2, -0.15) is 0 Å². The van der Waals surface area contributed by atoms with Crippen molar-refractivity contribution in [1.29, 1.82) is 0 Å². The maximum Gasteiger partial charge on any atom is 0.310 e. The van der Waals surface area contributed by atoms with Crippen molar-refractivity contribution in [2.24, 2.45) is 0 Å². The Kier molecular flexibility index (Phi) is 3.36. The normalized spacial score (nSPS) is 13.4. The molecule has 0 saturated heterocycles. The summed E-state index contributed by atoms with van der Waals surface area (Å²) in [5.41, 5.74) is 0.209. The Bertz CT molecular complexity index is 595. The Morgan fingerprint density at radius 3 is 2.56 bits per heavy atom. The summed E-state index contributed by atoms with van der Waals surface area (Å²) in [7, 11) is 2.55. The Balaban J connectivity index is 2.52. The number of carbonyl (C=O) groups excluding carboxylic acids is 1. The van der Waals surface area contributed by atoms with Gasteiger partial charge in [-0.25, -0.2) is 8.42 Å². The molecule has 1 aromatic rings. The molecule has 1 heterocycles. The van der Waals surface area contributed by atoms with E-state index in [0.717, 1.165) is 0 Å². The third-order valence-electron chi connectivity index (χ3n) is 2.38. The highest BCUT2D eigenvalue weighted by Crippen LogP contribution is 2.37. The molecule has 18 heavy (non-hydrogen) atoms. The number of hydrogen-bond donors (Lipinski definition) is 0. The molecule has 0 saturated carbocycles. The Hall–Kier alpha value is -1.47. The fourth-order valence-electron chi connectivity index (χ4n) is 1.56. The number of halogens is 1. The van der Waals surface area contributed by atoms with Crippen LogP contribution in [0.1, 0.15) is 5.56 Å². The second-order valence-corrected chi connectivity index (χ2v) is 6.04. The molecular weight excluding hydrogens is 284 g/mol. The van der Waals surface area contributed by atoms with Crippen molar-refractivity contribution >= 4 is 25.7 Å². The molecular formula is C10H9ClO6S. The van der Waals surface area contributed by atoms with Gasteiger partial charge in [0, 0.05) is 16.7 Å². The van der Waals surface area contributed by atoms with E-state index in [0.29, 0.717) is 5.75 Å². The lowest BCUT2D eigenvalue weighted by Gasteiger charge is -2.07. The van der Waals surface area contributed by atoms with Crippen molar-refractivity contribution < 1.29 is 27.4 Å². The maximum absolute atomic E-state index is 11.4. The number of carbonyl (C=O) groups is 1. The van der Waals surface area contributed by atoms with Crippen molar-refractivity contribution in [2.75, 3.05) is 13.9 Å². The van der Waals surface area contributed by atoms with Crippen LogP contribution in [0.3, 0.4) is 0 Å². The van der Waals surface area contributed by atoms with Gasteiger partial charge in [-0.3, -0.25) is 4.79 Å². The predicted molar refractivity (Wildman–Crippen MR) is 61.3 cm³/mol. The first-order valence-electron chi connectivity index (χ1n) is 4.86. The van der Waals surface area contributed by atoms with Crippen LogP contribution in [0.4, 0.5) is 0 Å². The summed E-state index contributed by atoms with van der Waals surface area (Å²) in [5, 5.41) is 0. The summed E-state index contributed by atoms with van der Waals surface area (Å²) < 4.78 is 37.5. The fraction of sp³-hybridized carbons (Fsp3) is 0.300. The molecule has 0 fully saturated rings. The molecule has 0 atom stereocenters. The second kappa shape index (κ2) is 4.66. The molecule has 1 aromatic carbocycles. The van der Waals surface area contributed by atoms with Gasteiger partial charge >= 0.3 is 5.97 Å². The van der Waals surface area contributed by atoms with Crippen molar-refractivity contribution in [3.05, 3.63) is 17.7 Å². The molecule has 1 aliphatic rings. The summed E-state index contributed by atoms with van der Waals surface area (Å²) in [6.45, 7) is -0.00121. The summed E-state index contributed by atoms with van der Waals surface area (Å²) >= 11 is 0. The van der Waals surface area contributed by atoms with Crippen molar-refractivity contribution in [3.63, 3.8) is 0 Å².